The number of nitrogens with one attached hydrogen (secondary N) is 3. The Morgan fingerprint density at radius 2 is 1.81 bits per heavy atom. The van der Waals surface area contributed by atoms with Crippen LogP contribution >= 0.6 is 24.0 Å². The smallest absolute Gasteiger partial charge is 0.221 e. The number of anilines is 1. The van der Waals surface area contributed by atoms with Gasteiger partial charge < -0.3 is 20.7 Å². The highest BCUT2D eigenvalue weighted by Crippen LogP contribution is 2.12. The average molecular weight is 482 g/mol. The average Bonchev–Trinajstić information content (AvgIpc) is 2.64. The molecule has 6 nitrogen and oxygen atoms in total. The van der Waals surface area contributed by atoms with Crippen LogP contribution in [0.5, 0.6) is 5.75 Å². The maximum Gasteiger partial charge on any atom is 0.221 e. The molecule has 0 saturated heterocycles. The Morgan fingerprint density at radius 1 is 1.07 bits per heavy atom. The van der Waals surface area contributed by atoms with E-state index in [1.807, 2.05) is 55.5 Å². The molecule has 0 aliphatic rings. The summed E-state index contributed by atoms with van der Waals surface area (Å²) in [5.74, 6) is 1.50. The normalized spacial score (nSPS) is 10.6. The van der Waals surface area contributed by atoms with Crippen LogP contribution in [0.1, 0.15) is 25.0 Å². The van der Waals surface area contributed by atoms with Gasteiger partial charge in [0.2, 0.25) is 5.91 Å². The minimum Gasteiger partial charge on any atom is -0.497 e. The van der Waals surface area contributed by atoms with E-state index in [2.05, 4.69) is 20.9 Å². The second kappa shape index (κ2) is 12.2. The van der Waals surface area contributed by atoms with Crippen molar-refractivity contribution >= 4 is 41.5 Å². The number of halogens is 1. The molecule has 2 aromatic carbocycles. The van der Waals surface area contributed by atoms with Gasteiger partial charge in [-0.25, -0.2) is 4.99 Å². The first-order chi connectivity index (χ1) is 12.6. The lowest BCUT2D eigenvalue weighted by molar-refractivity contribution is -0.114. The molecule has 0 aliphatic heterocycles. The standard InChI is InChI=1S/C20H26N4O2.HI/c1-4-21-20(22-13-16-8-10-19(26-3)11-9-16)23-14-17-6-5-7-18(12-17)24-15(2)25;/h5-12H,4,13-14H2,1-3H3,(H,24,25)(H2,21,22,23);1H. The van der Waals surface area contributed by atoms with Crippen molar-refractivity contribution in [2.24, 2.45) is 4.99 Å². The summed E-state index contributed by atoms with van der Waals surface area (Å²) in [6, 6.07) is 15.6. The van der Waals surface area contributed by atoms with Crippen molar-refractivity contribution in [1.82, 2.24) is 10.6 Å². The van der Waals surface area contributed by atoms with Crippen LogP contribution in [0.25, 0.3) is 0 Å². The monoisotopic (exact) mass is 482 g/mol. The van der Waals surface area contributed by atoms with Gasteiger partial charge in [0.05, 0.1) is 13.7 Å². The number of guanidine groups is 1. The highest BCUT2D eigenvalue weighted by Gasteiger charge is 2.01. The van der Waals surface area contributed by atoms with Gasteiger partial charge in [0.15, 0.2) is 5.96 Å². The molecule has 0 atom stereocenters. The van der Waals surface area contributed by atoms with Gasteiger partial charge in [-0.1, -0.05) is 24.3 Å². The van der Waals surface area contributed by atoms with Crippen molar-refractivity contribution < 1.29 is 9.53 Å². The Hall–Kier alpha value is -2.29. The first kappa shape index (κ1) is 22.8. The Morgan fingerprint density at radius 3 is 2.44 bits per heavy atom. The molecule has 0 bridgehead atoms. The molecule has 0 saturated carbocycles. The number of ether oxygens (including phenoxy) is 1. The molecule has 3 N–H and O–H groups in total. The number of nitrogens with zero attached hydrogens (tertiary/aromatic N) is 1. The third-order valence-corrected chi connectivity index (χ3v) is 3.63. The van der Waals surface area contributed by atoms with Crippen molar-refractivity contribution in [2.75, 3.05) is 19.0 Å². The number of aliphatic imine (C=N–C) groups is 1. The van der Waals surface area contributed by atoms with Crippen LogP contribution < -0.4 is 20.7 Å². The van der Waals surface area contributed by atoms with E-state index in [0.29, 0.717) is 13.1 Å². The van der Waals surface area contributed by atoms with Gasteiger partial charge >= 0.3 is 0 Å². The molecular weight excluding hydrogens is 455 g/mol. The Labute approximate surface area is 177 Å². The predicted octanol–water partition coefficient (Wildman–Crippen LogP) is 3.53. The number of amides is 1. The van der Waals surface area contributed by atoms with Gasteiger partial charge in [-0.05, 0) is 42.3 Å². The minimum atomic E-state index is -0.0832. The Bertz CT molecular complexity index is 748. The van der Waals surface area contributed by atoms with Crippen molar-refractivity contribution in [1.29, 1.82) is 0 Å². The number of methoxy groups -OCH3 is 1. The predicted molar refractivity (Wildman–Crippen MR) is 121 cm³/mol. The van der Waals surface area contributed by atoms with Crippen LogP contribution in [0.2, 0.25) is 0 Å². The molecule has 0 spiro atoms. The molecule has 1 amide bonds. The summed E-state index contributed by atoms with van der Waals surface area (Å²) < 4.78 is 5.17. The zero-order valence-electron chi connectivity index (χ0n) is 15.9. The van der Waals surface area contributed by atoms with Crippen LogP contribution in [0.3, 0.4) is 0 Å². The minimum absolute atomic E-state index is 0. The summed E-state index contributed by atoms with van der Waals surface area (Å²) in [7, 11) is 1.66. The molecule has 0 aliphatic carbocycles. The van der Waals surface area contributed by atoms with E-state index < -0.39 is 0 Å². The van der Waals surface area contributed by atoms with Crippen molar-refractivity contribution in [3.8, 4) is 5.75 Å². The molecule has 0 unspecified atom stereocenters. The molecule has 7 heteroatoms. The van der Waals surface area contributed by atoms with Crippen LogP contribution in [-0.4, -0.2) is 25.5 Å². The van der Waals surface area contributed by atoms with Gasteiger partial charge in [0, 0.05) is 25.7 Å². The summed E-state index contributed by atoms with van der Waals surface area (Å²) in [6.45, 7) is 5.49. The van der Waals surface area contributed by atoms with E-state index in [9.17, 15) is 4.79 Å². The molecule has 146 valence electrons. The number of carbonyl (C=O) groups is 1. The lowest BCUT2D eigenvalue weighted by Crippen LogP contribution is -2.36. The van der Waals surface area contributed by atoms with E-state index in [1.165, 1.54) is 6.92 Å². The van der Waals surface area contributed by atoms with Gasteiger partial charge in [0.25, 0.3) is 0 Å². The number of carbonyl (C=O) groups excluding carboxylic acids is 1. The molecule has 0 aromatic heterocycles. The fourth-order valence-corrected chi connectivity index (χ4v) is 2.39. The first-order valence-corrected chi connectivity index (χ1v) is 8.62. The SMILES string of the molecule is CCNC(=NCc1cccc(NC(C)=O)c1)NCc1ccc(OC)cc1.I. The lowest BCUT2D eigenvalue weighted by Gasteiger charge is -2.12. The molecule has 0 radical (unpaired) electrons. The molecule has 0 fully saturated rings. The van der Waals surface area contributed by atoms with Crippen molar-refractivity contribution in [3.05, 3.63) is 59.7 Å². The fraction of sp³-hybridized carbons (Fsp3) is 0.300. The van der Waals surface area contributed by atoms with E-state index in [-0.39, 0.29) is 29.9 Å². The maximum absolute atomic E-state index is 11.2. The highest BCUT2D eigenvalue weighted by atomic mass is 127. The third kappa shape index (κ3) is 8.29. The van der Waals surface area contributed by atoms with Crippen LogP contribution in [-0.2, 0) is 17.9 Å². The van der Waals surface area contributed by atoms with Crippen molar-refractivity contribution in [2.45, 2.75) is 26.9 Å². The van der Waals surface area contributed by atoms with Crippen LogP contribution in [0.4, 0.5) is 5.69 Å². The number of hydrogen-bond donors (Lipinski definition) is 3. The van der Waals surface area contributed by atoms with E-state index >= 15 is 0 Å². The first-order valence-electron chi connectivity index (χ1n) is 8.62. The van der Waals surface area contributed by atoms with Crippen molar-refractivity contribution in [3.63, 3.8) is 0 Å². The molecule has 0 heterocycles. The molecule has 27 heavy (non-hydrogen) atoms. The topological polar surface area (TPSA) is 74.8 Å². The number of rotatable bonds is 7. The van der Waals surface area contributed by atoms with E-state index in [0.717, 1.165) is 35.1 Å². The van der Waals surface area contributed by atoms with Crippen LogP contribution in [0.15, 0.2) is 53.5 Å². The summed E-state index contributed by atoms with van der Waals surface area (Å²) in [6.07, 6.45) is 0. The third-order valence-electron chi connectivity index (χ3n) is 3.63. The number of benzene rings is 2. The molecule has 2 rings (SSSR count). The van der Waals surface area contributed by atoms with Gasteiger partial charge in [0.1, 0.15) is 5.75 Å². The number of hydrogen-bond acceptors (Lipinski definition) is 3. The highest BCUT2D eigenvalue weighted by molar-refractivity contribution is 14.0. The summed E-state index contributed by atoms with van der Waals surface area (Å²) in [5.41, 5.74) is 2.95. The van der Waals surface area contributed by atoms with Gasteiger partial charge in [-0.2, -0.15) is 0 Å². The Balaban J connectivity index is 0.00000364. The zero-order valence-corrected chi connectivity index (χ0v) is 18.2. The molecule has 2 aromatic rings. The van der Waals surface area contributed by atoms with Crippen LogP contribution in [0, 0.1) is 0 Å². The zero-order chi connectivity index (χ0) is 18.8. The second-order valence-corrected chi connectivity index (χ2v) is 5.78. The van der Waals surface area contributed by atoms with E-state index in [4.69, 9.17) is 4.74 Å². The quantitative estimate of drug-likeness (QED) is 0.321. The van der Waals surface area contributed by atoms with Gasteiger partial charge in [-0.15, -0.1) is 24.0 Å². The summed E-state index contributed by atoms with van der Waals surface area (Å²) in [4.78, 5) is 15.8. The maximum atomic E-state index is 11.2. The summed E-state index contributed by atoms with van der Waals surface area (Å²) >= 11 is 0. The Kier molecular flexibility index (Phi) is 10.2. The lowest BCUT2D eigenvalue weighted by atomic mass is 10.2. The molecular formula is C20H27IN4O2. The fourth-order valence-electron chi connectivity index (χ4n) is 2.39. The summed E-state index contributed by atoms with van der Waals surface area (Å²) in [5, 5.41) is 9.34. The second-order valence-electron chi connectivity index (χ2n) is 5.78. The largest absolute Gasteiger partial charge is 0.497 e. The van der Waals surface area contributed by atoms with Gasteiger partial charge in [-0.3, -0.25) is 4.79 Å². The van der Waals surface area contributed by atoms with E-state index in [1.54, 1.807) is 7.11 Å².